The van der Waals surface area contributed by atoms with Gasteiger partial charge in [-0.3, -0.25) is 9.59 Å². The molecule has 1 aromatic heterocycles. The highest BCUT2D eigenvalue weighted by Gasteiger charge is 2.35. The van der Waals surface area contributed by atoms with Crippen molar-refractivity contribution in [1.82, 2.24) is 15.1 Å². The molecule has 29 heavy (non-hydrogen) atoms. The van der Waals surface area contributed by atoms with Crippen LogP contribution < -0.4 is 5.32 Å². The fourth-order valence-electron chi connectivity index (χ4n) is 3.99. The number of nitrogens with one attached hydrogen (secondary N) is 1. The standard InChI is InChI=1S/C24H25N3O2/c1-16-22-20(13-24(2,3)14-21(22)28)27(26-16)19-11-9-18(10-12-19)23(29)25-15-17-7-5-4-6-8-17/h4-12H,13-15H2,1-3H3,(H,25,29). The molecule has 0 saturated carbocycles. The van der Waals surface area contributed by atoms with Crippen molar-refractivity contribution in [2.24, 2.45) is 5.41 Å². The molecule has 1 heterocycles. The van der Waals surface area contributed by atoms with E-state index < -0.39 is 0 Å². The van der Waals surface area contributed by atoms with Gasteiger partial charge in [0.2, 0.25) is 0 Å². The number of hydrogen-bond acceptors (Lipinski definition) is 3. The fraction of sp³-hybridized carbons (Fsp3) is 0.292. The molecule has 1 aliphatic carbocycles. The molecule has 5 nitrogen and oxygen atoms in total. The summed E-state index contributed by atoms with van der Waals surface area (Å²) in [5.41, 5.74) is 4.93. The number of carbonyl (C=O) groups is 2. The zero-order valence-corrected chi connectivity index (χ0v) is 17.0. The quantitative estimate of drug-likeness (QED) is 0.727. The van der Waals surface area contributed by atoms with Crippen molar-refractivity contribution in [1.29, 1.82) is 0 Å². The second kappa shape index (κ2) is 7.32. The summed E-state index contributed by atoms with van der Waals surface area (Å²) in [7, 11) is 0. The lowest BCUT2D eigenvalue weighted by molar-refractivity contribution is 0.0908. The van der Waals surface area contributed by atoms with Crippen molar-refractivity contribution in [3.8, 4) is 5.69 Å². The Labute approximate surface area is 170 Å². The summed E-state index contributed by atoms with van der Waals surface area (Å²) in [6.07, 6.45) is 1.35. The first-order valence-corrected chi connectivity index (χ1v) is 9.88. The number of carbonyl (C=O) groups excluding carboxylic acids is 2. The second-order valence-electron chi connectivity index (χ2n) is 8.48. The minimum Gasteiger partial charge on any atom is -0.348 e. The van der Waals surface area contributed by atoms with Gasteiger partial charge in [-0.25, -0.2) is 4.68 Å². The number of ketones is 1. The monoisotopic (exact) mass is 387 g/mol. The predicted octanol–water partition coefficient (Wildman–Crippen LogP) is 4.27. The van der Waals surface area contributed by atoms with Crippen LogP contribution in [0.2, 0.25) is 0 Å². The van der Waals surface area contributed by atoms with Crippen LogP contribution in [0.1, 0.15) is 57.9 Å². The van der Waals surface area contributed by atoms with E-state index in [1.54, 1.807) is 12.1 Å². The molecule has 0 spiro atoms. The van der Waals surface area contributed by atoms with E-state index in [2.05, 4.69) is 24.3 Å². The Kier molecular flexibility index (Phi) is 4.82. The molecule has 0 saturated heterocycles. The average Bonchev–Trinajstić information content (AvgIpc) is 3.02. The van der Waals surface area contributed by atoms with E-state index in [1.807, 2.05) is 54.1 Å². The van der Waals surface area contributed by atoms with Crippen LogP contribution in [0.25, 0.3) is 5.69 Å². The van der Waals surface area contributed by atoms with Crippen LogP contribution in [-0.2, 0) is 13.0 Å². The Morgan fingerprint density at radius 3 is 2.45 bits per heavy atom. The number of rotatable bonds is 4. The van der Waals surface area contributed by atoms with Crippen LogP contribution in [0.4, 0.5) is 0 Å². The Morgan fingerprint density at radius 1 is 1.07 bits per heavy atom. The van der Waals surface area contributed by atoms with Crippen LogP contribution in [0.5, 0.6) is 0 Å². The molecule has 0 fully saturated rings. The topological polar surface area (TPSA) is 64.0 Å². The van der Waals surface area contributed by atoms with Gasteiger partial charge in [0, 0.05) is 18.5 Å². The van der Waals surface area contributed by atoms with Gasteiger partial charge in [-0.2, -0.15) is 5.10 Å². The van der Waals surface area contributed by atoms with Gasteiger partial charge in [-0.1, -0.05) is 44.2 Å². The first-order chi connectivity index (χ1) is 13.8. The molecular weight excluding hydrogens is 362 g/mol. The lowest BCUT2D eigenvalue weighted by atomic mass is 9.75. The lowest BCUT2D eigenvalue weighted by Gasteiger charge is -2.29. The van der Waals surface area contributed by atoms with Gasteiger partial charge in [0.1, 0.15) is 0 Å². The van der Waals surface area contributed by atoms with E-state index in [0.717, 1.165) is 34.6 Å². The number of amides is 1. The van der Waals surface area contributed by atoms with Gasteiger partial charge in [0.25, 0.3) is 5.91 Å². The summed E-state index contributed by atoms with van der Waals surface area (Å²) >= 11 is 0. The maximum atomic E-state index is 12.6. The van der Waals surface area contributed by atoms with Gasteiger partial charge >= 0.3 is 0 Å². The molecule has 148 valence electrons. The second-order valence-corrected chi connectivity index (χ2v) is 8.48. The van der Waals surface area contributed by atoms with Crippen LogP contribution in [0, 0.1) is 12.3 Å². The third kappa shape index (κ3) is 3.86. The molecule has 1 aliphatic rings. The zero-order valence-electron chi connectivity index (χ0n) is 17.0. The van der Waals surface area contributed by atoms with E-state index in [1.165, 1.54) is 0 Å². The van der Waals surface area contributed by atoms with Gasteiger partial charge in [-0.15, -0.1) is 0 Å². The summed E-state index contributed by atoms with van der Waals surface area (Å²) in [5, 5.41) is 7.56. The van der Waals surface area contributed by atoms with Crippen LogP contribution in [0.15, 0.2) is 54.6 Å². The van der Waals surface area contributed by atoms with Crippen molar-refractivity contribution in [2.45, 2.75) is 40.2 Å². The number of aryl methyl sites for hydroxylation is 1. The number of aromatic nitrogens is 2. The number of Topliss-reactive ketones (excluding diaryl/α,β-unsaturated/α-hetero) is 1. The molecule has 0 bridgehead atoms. The van der Waals surface area contributed by atoms with E-state index in [0.29, 0.717) is 18.5 Å². The first-order valence-electron chi connectivity index (χ1n) is 9.88. The fourth-order valence-corrected chi connectivity index (χ4v) is 3.99. The van der Waals surface area contributed by atoms with Crippen molar-refractivity contribution in [2.75, 3.05) is 0 Å². The van der Waals surface area contributed by atoms with Gasteiger partial charge in [-0.05, 0) is 48.6 Å². The molecule has 2 aromatic carbocycles. The van der Waals surface area contributed by atoms with Crippen LogP contribution in [-0.4, -0.2) is 21.5 Å². The number of hydrogen-bond donors (Lipinski definition) is 1. The van der Waals surface area contributed by atoms with Crippen molar-refractivity contribution >= 4 is 11.7 Å². The first kappa shape index (κ1) is 19.1. The Morgan fingerprint density at radius 2 is 1.76 bits per heavy atom. The SMILES string of the molecule is Cc1nn(-c2ccc(C(=O)NCc3ccccc3)cc2)c2c1C(=O)CC(C)(C)C2. The molecular formula is C24H25N3O2. The van der Waals surface area contributed by atoms with Crippen molar-refractivity contribution in [3.05, 3.63) is 82.7 Å². The van der Waals surface area contributed by atoms with Gasteiger partial charge in [0.05, 0.1) is 22.6 Å². The minimum absolute atomic E-state index is 0.0778. The molecule has 0 aliphatic heterocycles. The highest BCUT2D eigenvalue weighted by Crippen LogP contribution is 2.36. The Hall–Kier alpha value is -3.21. The number of nitrogens with zero attached hydrogens (tertiary/aromatic N) is 2. The van der Waals surface area contributed by atoms with E-state index in [9.17, 15) is 9.59 Å². The zero-order chi connectivity index (χ0) is 20.6. The Balaban J connectivity index is 1.55. The molecule has 1 N–H and O–H groups in total. The van der Waals surface area contributed by atoms with Gasteiger partial charge < -0.3 is 5.32 Å². The predicted molar refractivity (Wildman–Crippen MR) is 112 cm³/mol. The highest BCUT2D eigenvalue weighted by atomic mass is 16.1. The molecule has 0 radical (unpaired) electrons. The molecule has 1 amide bonds. The summed E-state index contributed by atoms with van der Waals surface area (Å²) in [4.78, 5) is 25.0. The summed E-state index contributed by atoms with van der Waals surface area (Å²) in [5.74, 6) is 0.0484. The summed E-state index contributed by atoms with van der Waals surface area (Å²) < 4.78 is 1.86. The highest BCUT2D eigenvalue weighted by molar-refractivity contribution is 6.00. The maximum Gasteiger partial charge on any atom is 0.251 e. The van der Waals surface area contributed by atoms with E-state index in [-0.39, 0.29) is 17.1 Å². The molecule has 4 rings (SSSR count). The average molecular weight is 387 g/mol. The Bertz CT molecular complexity index is 1060. The summed E-state index contributed by atoms with van der Waals surface area (Å²) in [6.45, 7) is 6.60. The molecule has 3 aromatic rings. The van der Waals surface area contributed by atoms with Crippen LogP contribution in [0.3, 0.4) is 0 Å². The smallest absolute Gasteiger partial charge is 0.251 e. The van der Waals surface area contributed by atoms with E-state index in [4.69, 9.17) is 0 Å². The molecule has 0 atom stereocenters. The van der Waals surface area contributed by atoms with E-state index >= 15 is 0 Å². The number of benzene rings is 2. The third-order valence-corrected chi connectivity index (χ3v) is 5.39. The maximum absolute atomic E-state index is 12.6. The minimum atomic E-state index is -0.115. The van der Waals surface area contributed by atoms with Crippen molar-refractivity contribution in [3.63, 3.8) is 0 Å². The lowest BCUT2D eigenvalue weighted by Crippen LogP contribution is -2.28. The number of fused-ring (bicyclic) bond motifs is 1. The van der Waals surface area contributed by atoms with Crippen molar-refractivity contribution < 1.29 is 9.59 Å². The molecule has 5 heteroatoms. The molecule has 0 unspecified atom stereocenters. The third-order valence-electron chi connectivity index (χ3n) is 5.39. The van der Waals surface area contributed by atoms with Crippen LogP contribution >= 0.6 is 0 Å². The normalized spacial score (nSPS) is 15.1. The summed E-state index contributed by atoms with van der Waals surface area (Å²) in [6, 6.07) is 17.2. The largest absolute Gasteiger partial charge is 0.348 e. The van der Waals surface area contributed by atoms with Gasteiger partial charge in [0.15, 0.2) is 5.78 Å².